The van der Waals surface area contributed by atoms with Gasteiger partial charge in [-0.1, -0.05) is 30.3 Å². The van der Waals surface area contributed by atoms with Gasteiger partial charge in [0.15, 0.2) is 5.75 Å². The molecule has 116 valence electrons. The van der Waals surface area contributed by atoms with Crippen LogP contribution in [0.15, 0.2) is 64.7 Å². The van der Waals surface area contributed by atoms with Gasteiger partial charge in [-0.15, -0.1) is 11.3 Å². The number of pyridine rings is 1. The molecule has 0 unspecified atom stereocenters. The monoisotopic (exact) mass is 388 g/mol. The summed E-state index contributed by atoms with van der Waals surface area (Å²) in [7, 11) is 0. The third-order valence-corrected chi connectivity index (χ3v) is 4.91. The van der Waals surface area contributed by atoms with Crippen LogP contribution < -0.4 is 10.1 Å². The Morgan fingerprint density at radius 1 is 1.22 bits per heavy atom. The van der Waals surface area contributed by atoms with Crippen molar-refractivity contribution < 1.29 is 9.53 Å². The molecule has 1 amide bonds. The van der Waals surface area contributed by atoms with Crippen molar-refractivity contribution >= 4 is 38.9 Å². The van der Waals surface area contributed by atoms with E-state index in [0.717, 1.165) is 10.0 Å². The van der Waals surface area contributed by atoms with Gasteiger partial charge in [0.2, 0.25) is 0 Å². The SMILES string of the molecule is O=C(Nc1cccnc1)c1scc(Br)c1OCc1ccccc1. The second kappa shape index (κ2) is 7.39. The van der Waals surface area contributed by atoms with Crippen LogP contribution in [0.1, 0.15) is 15.2 Å². The minimum atomic E-state index is -0.211. The highest BCUT2D eigenvalue weighted by Gasteiger charge is 2.19. The quantitative estimate of drug-likeness (QED) is 0.686. The maximum atomic E-state index is 12.4. The first-order chi connectivity index (χ1) is 11.2. The minimum Gasteiger partial charge on any atom is -0.486 e. The molecule has 0 fully saturated rings. The molecular weight excluding hydrogens is 376 g/mol. The Morgan fingerprint density at radius 2 is 2.04 bits per heavy atom. The van der Waals surface area contributed by atoms with Crippen LogP contribution in [0.4, 0.5) is 5.69 Å². The van der Waals surface area contributed by atoms with Gasteiger partial charge >= 0.3 is 0 Å². The fraction of sp³-hybridized carbons (Fsp3) is 0.0588. The predicted molar refractivity (Wildman–Crippen MR) is 95.0 cm³/mol. The number of hydrogen-bond donors (Lipinski definition) is 1. The largest absolute Gasteiger partial charge is 0.486 e. The van der Waals surface area contributed by atoms with E-state index in [1.807, 2.05) is 35.7 Å². The van der Waals surface area contributed by atoms with Crippen LogP contribution in [0, 0.1) is 0 Å². The van der Waals surface area contributed by atoms with Crippen LogP contribution >= 0.6 is 27.3 Å². The molecule has 1 aromatic carbocycles. The van der Waals surface area contributed by atoms with E-state index in [2.05, 4.69) is 26.2 Å². The zero-order chi connectivity index (χ0) is 16.1. The average Bonchev–Trinajstić information content (AvgIpc) is 2.96. The molecule has 0 spiro atoms. The van der Waals surface area contributed by atoms with Crippen LogP contribution in [-0.4, -0.2) is 10.9 Å². The lowest BCUT2D eigenvalue weighted by molar-refractivity contribution is 0.102. The topological polar surface area (TPSA) is 51.2 Å². The van der Waals surface area contributed by atoms with E-state index < -0.39 is 0 Å². The van der Waals surface area contributed by atoms with Crippen molar-refractivity contribution in [2.75, 3.05) is 5.32 Å². The van der Waals surface area contributed by atoms with E-state index in [9.17, 15) is 4.79 Å². The van der Waals surface area contributed by atoms with E-state index in [4.69, 9.17) is 4.74 Å². The normalized spacial score (nSPS) is 10.3. The van der Waals surface area contributed by atoms with Gasteiger partial charge in [-0.05, 0) is 33.6 Å². The number of anilines is 1. The third kappa shape index (κ3) is 3.97. The molecule has 3 rings (SSSR count). The standard InChI is InChI=1S/C17H13BrN2O2S/c18-14-11-23-16(17(21)20-13-7-4-8-19-9-13)15(14)22-10-12-5-2-1-3-6-12/h1-9,11H,10H2,(H,20,21). The van der Waals surface area contributed by atoms with Gasteiger partial charge in [0.1, 0.15) is 11.5 Å². The lowest BCUT2D eigenvalue weighted by Gasteiger charge is -2.09. The molecule has 1 N–H and O–H groups in total. The molecule has 0 aliphatic rings. The van der Waals surface area contributed by atoms with Crippen LogP contribution in [0.2, 0.25) is 0 Å². The Morgan fingerprint density at radius 3 is 2.78 bits per heavy atom. The molecule has 0 bridgehead atoms. The lowest BCUT2D eigenvalue weighted by Crippen LogP contribution is -2.12. The molecule has 0 aliphatic heterocycles. The van der Waals surface area contributed by atoms with Crippen LogP contribution in [-0.2, 0) is 6.61 Å². The van der Waals surface area contributed by atoms with E-state index in [0.29, 0.717) is 22.9 Å². The van der Waals surface area contributed by atoms with Gasteiger partial charge < -0.3 is 10.1 Å². The molecule has 0 atom stereocenters. The van der Waals surface area contributed by atoms with Gasteiger partial charge in [0.25, 0.3) is 5.91 Å². The second-order valence-corrected chi connectivity index (χ2v) is 6.45. The van der Waals surface area contributed by atoms with Gasteiger partial charge in [0.05, 0.1) is 16.4 Å². The summed E-state index contributed by atoms with van der Waals surface area (Å²) in [5.41, 5.74) is 1.69. The maximum Gasteiger partial charge on any atom is 0.269 e. The molecule has 0 saturated heterocycles. The highest BCUT2D eigenvalue weighted by molar-refractivity contribution is 9.10. The van der Waals surface area contributed by atoms with Crippen LogP contribution in [0.5, 0.6) is 5.75 Å². The van der Waals surface area contributed by atoms with E-state index >= 15 is 0 Å². The first-order valence-electron chi connectivity index (χ1n) is 6.89. The Kier molecular flexibility index (Phi) is 5.05. The van der Waals surface area contributed by atoms with Crippen molar-refractivity contribution in [2.45, 2.75) is 6.61 Å². The number of thiophene rings is 1. The fourth-order valence-electron chi connectivity index (χ4n) is 1.97. The maximum absolute atomic E-state index is 12.4. The van der Waals surface area contributed by atoms with E-state index in [1.54, 1.807) is 24.5 Å². The molecule has 2 heterocycles. The number of carbonyl (C=O) groups excluding carboxylic acids is 1. The van der Waals surface area contributed by atoms with Crippen molar-refractivity contribution in [1.29, 1.82) is 0 Å². The molecule has 2 aromatic heterocycles. The first kappa shape index (κ1) is 15.7. The number of nitrogens with zero attached hydrogens (tertiary/aromatic N) is 1. The molecular formula is C17H13BrN2O2S. The average molecular weight is 389 g/mol. The van der Waals surface area contributed by atoms with Crippen molar-refractivity contribution in [3.8, 4) is 5.75 Å². The molecule has 4 nitrogen and oxygen atoms in total. The number of ether oxygens (including phenoxy) is 1. The Balaban J connectivity index is 1.74. The fourth-order valence-corrected chi connectivity index (χ4v) is 3.46. The van der Waals surface area contributed by atoms with E-state index in [-0.39, 0.29) is 5.91 Å². The van der Waals surface area contributed by atoms with Crippen molar-refractivity contribution in [1.82, 2.24) is 4.98 Å². The number of amides is 1. The number of benzene rings is 1. The Hall–Kier alpha value is -2.18. The van der Waals surface area contributed by atoms with Gasteiger partial charge in [-0.3, -0.25) is 9.78 Å². The molecule has 0 radical (unpaired) electrons. The Bertz CT molecular complexity index is 791. The summed E-state index contributed by atoms with van der Waals surface area (Å²) in [6.45, 7) is 0.406. The van der Waals surface area contributed by atoms with Gasteiger partial charge in [-0.2, -0.15) is 0 Å². The first-order valence-corrected chi connectivity index (χ1v) is 8.56. The summed E-state index contributed by atoms with van der Waals surface area (Å²) >= 11 is 4.77. The molecule has 3 aromatic rings. The molecule has 23 heavy (non-hydrogen) atoms. The minimum absolute atomic E-state index is 0.211. The van der Waals surface area contributed by atoms with Crippen LogP contribution in [0.3, 0.4) is 0 Å². The summed E-state index contributed by atoms with van der Waals surface area (Å²) < 4.78 is 6.61. The van der Waals surface area contributed by atoms with Crippen molar-refractivity contribution in [3.05, 3.63) is 75.2 Å². The van der Waals surface area contributed by atoms with Gasteiger partial charge in [0, 0.05) is 11.6 Å². The molecule has 6 heteroatoms. The number of carbonyl (C=O) groups is 1. The smallest absolute Gasteiger partial charge is 0.269 e. The van der Waals surface area contributed by atoms with E-state index in [1.165, 1.54) is 11.3 Å². The number of rotatable bonds is 5. The lowest BCUT2D eigenvalue weighted by atomic mass is 10.2. The summed E-state index contributed by atoms with van der Waals surface area (Å²) in [6, 6.07) is 13.4. The zero-order valence-electron chi connectivity index (χ0n) is 12.0. The summed E-state index contributed by atoms with van der Waals surface area (Å²) in [4.78, 5) is 16.9. The summed E-state index contributed by atoms with van der Waals surface area (Å²) in [5.74, 6) is 0.344. The Labute approximate surface area is 146 Å². The third-order valence-electron chi connectivity index (χ3n) is 3.06. The van der Waals surface area contributed by atoms with Crippen LogP contribution in [0.25, 0.3) is 0 Å². The predicted octanol–water partition coefficient (Wildman–Crippen LogP) is 4.74. The number of halogens is 1. The zero-order valence-corrected chi connectivity index (χ0v) is 14.4. The van der Waals surface area contributed by atoms with Crippen molar-refractivity contribution in [2.24, 2.45) is 0 Å². The number of hydrogen-bond acceptors (Lipinski definition) is 4. The number of nitrogens with one attached hydrogen (secondary N) is 1. The summed E-state index contributed by atoms with van der Waals surface area (Å²) in [6.07, 6.45) is 3.26. The highest BCUT2D eigenvalue weighted by atomic mass is 79.9. The highest BCUT2D eigenvalue weighted by Crippen LogP contribution is 2.36. The second-order valence-electron chi connectivity index (χ2n) is 4.71. The van der Waals surface area contributed by atoms with Gasteiger partial charge in [-0.25, -0.2) is 0 Å². The van der Waals surface area contributed by atoms with Crippen molar-refractivity contribution in [3.63, 3.8) is 0 Å². The number of aromatic nitrogens is 1. The molecule has 0 saturated carbocycles. The summed E-state index contributed by atoms with van der Waals surface area (Å²) in [5, 5.41) is 4.66. The molecule has 0 aliphatic carbocycles.